The molecule has 0 saturated carbocycles. The highest BCUT2D eigenvalue weighted by molar-refractivity contribution is 5.24. The average Bonchev–Trinajstić information content (AvgIpc) is 3.00. The van der Waals surface area contributed by atoms with Crippen LogP contribution < -0.4 is 5.32 Å². The molecule has 0 spiro atoms. The standard InChI is InChI=1S/C13H17N3O/c1-9(13-14-6-7-15-13)16-11-3-2-4-12-10(11)5-8-17-12/h5-9,11,16H,2-4H2,1H3,(H,14,15). The van der Waals surface area contributed by atoms with Crippen molar-refractivity contribution in [2.75, 3.05) is 0 Å². The molecular formula is C13H17N3O. The lowest BCUT2D eigenvalue weighted by atomic mass is 9.93. The van der Waals surface area contributed by atoms with Gasteiger partial charge >= 0.3 is 0 Å². The Morgan fingerprint density at radius 3 is 3.35 bits per heavy atom. The van der Waals surface area contributed by atoms with Crippen LogP contribution in [0.1, 0.15) is 49.0 Å². The summed E-state index contributed by atoms with van der Waals surface area (Å²) in [5.74, 6) is 2.13. The Labute approximate surface area is 100 Å². The second kappa shape index (κ2) is 4.37. The molecule has 2 heterocycles. The van der Waals surface area contributed by atoms with Gasteiger partial charge in [0.2, 0.25) is 0 Å². The molecule has 90 valence electrons. The fourth-order valence-corrected chi connectivity index (χ4v) is 2.55. The van der Waals surface area contributed by atoms with Crippen molar-refractivity contribution in [2.24, 2.45) is 0 Å². The summed E-state index contributed by atoms with van der Waals surface area (Å²) in [5.41, 5.74) is 1.31. The third-order valence-electron chi connectivity index (χ3n) is 3.43. The number of aromatic amines is 1. The first-order valence-corrected chi connectivity index (χ1v) is 6.16. The van der Waals surface area contributed by atoms with Gasteiger partial charge in [0.15, 0.2) is 0 Å². The fraction of sp³-hybridized carbons (Fsp3) is 0.462. The number of nitrogens with zero attached hydrogens (tertiary/aromatic N) is 1. The van der Waals surface area contributed by atoms with Crippen LogP contribution in [0.5, 0.6) is 0 Å². The van der Waals surface area contributed by atoms with Crippen molar-refractivity contribution in [3.63, 3.8) is 0 Å². The maximum absolute atomic E-state index is 5.50. The van der Waals surface area contributed by atoms with E-state index in [0.29, 0.717) is 6.04 Å². The lowest BCUT2D eigenvalue weighted by Gasteiger charge is -2.25. The number of aromatic nitrogens is 2. The van der Waals surface area contributed by atoms with E-state index in [-0.39, 0.29) is 6.04 Å². The van der Waals surface area contributed by atoms with Crippen LogP contribution in [0.25, 0.3) is 0 Å². The third kappa shape index (κ3) is 2.00. The van der Waals surface area contributed by atoms with Gasteiger partial charge in [0.1, 0.15) is 11.6 Å². The maximum atomic E-state index is 5.50. The van der Waals surface area contributed by atoms with E-state index >= 15 is 0 Å². The molecule has 0 saturated heterocycles. The quantitative estimate of drug-likeness (QED) is 0.854. The van der Waals surface area contributed by atoms with Gasteiger partial charge in [0, 0.05) is 30.4 Å². The first-order chi connectivity index (χ1) is 8.34. The number of hydrogen-bond acceptors (Lipinski definition) is 3. The zero-order valence-electron chi connectivity index (χ0n) is 9.94. The molecule has 4 nitrogen and oxygen atoms in total. The second-order valence-electron chi connectivity index (χ2n) is 4.61. The number of imidazole rings is 1. The molecule has 1 aliphatic carbocycles. The number of fused-ring (bicyclic) bond motifs is 1. The Bertz CT molecular complexity index is 475. The lowest BCUT2D eigenvalue weighted by Crippen LogP contribution is -2.27. The smallest absolute Gasteiger partial charge is 0.122 e. The fourth-order valence-electron chi connectivity index (χ4n) is 2.55. The van der Waals surface area contributed by atoms with E-state index in [9.17, 15) is 0 Å². The Hall–Kier alpha value is -1.55. The molecule has 0 aliphatic heterocycles. The van der Waals surface area contributed by atoms with Gasteiger partial charge in [-0.2, -0.15) is 0 Å². The predicted molar refractivity (Wildman–Crippen MR) is 64.5 cm³/mol. The Morgan fingerprint density at radius 1 is 1.59 bits per heavy atom. The molecular weight excluding hydrogens is 214 g/mol. The molecule has 0 bridgehead atoms. The van der Waals surface area contributed by atoms with Crippen molar-refractivity contribution in [3.8, 4) is 0 Å². The summed E-state index contributed by atoms with van der Waals surface area (Å²) >= 11 is 0. The van der Waals surface area contributed by atoms with E-state index in [2.05, 4.69) is 28.3 Å². The first-order valence-electron chi connectivity index (χ1n) is 6.16. The van der Waals surface area contributed by atoms with Gasteiger partial charge in [-0.15, -0.1) is 0 Å². The van der Waals surface area contributed by atoms with Crippen LogP contribution in [0.2, 0.25) is 0 Å². The number of H-pyrrole nitrogens is 1. The minimum absolute atomic E-state index is 0.232. The summed E-state index contributed by atoms with van der Waals surface area (Å²) in [6.45, 7) is 2.13. The van der Waals surface area contributed by atoms with Crippen LogP contribution in [-0.2, 0) is 6.42 Å². The summed E-state index contributed by atoms with van der Waals surface area (Å²) in [5, 5.41) is 3.61. The topological polar surface area (TPSA) is 53.9 Å². The average molecular weight is 231 g/mol. The van der Waals surface area contributed by atoms with E-state index < -0.39 is 0 Å². The normalized spacial score (nSPS) is 21.1. The summed E-state index contributed by atoms with van der Waals surface area (Å²) in [6.07, 6.45) is 8.85. The molecule has 17 heavy (non-hydrogen) atoms. The van der Waals surface area contributed by atoms with E-state index in [0.717, 1.165) is 24.4 Å². The van der Waals surface area contributed by atoms with Gasteiger partial charge < -0.3 is 14.7 Å². The number of rotatable bonds is 3. The molecule has 2 N–H and O–H groups in total. The minimum Gasteiger partial charge on any atom is -0.469 e. The first kappa shape index (κ1) is 10.6. The number of nitrogens with one attached hydrogen (secondary N) is 2. The van der Waals surface area contributed by atoms with Crippen molar-refractivity contribution in [2.45, 2.75) is 38.3 Å². The molecule has 0 fully saturated rings. The van der Waals surface area contributed by atoms with Gasteiger partial charge in [0.25, 0.3) is 0 Å². The van der Waals surface area contributed by atoms with Gasteiger partial charge in [-0.1, -0.05) is 0 Å². The molecule has 4 heteroatoms. The van der Waals surface area contributed by atoms with E-state index in [1.165, 1.54) is 12.0 Å². The highest BCUT2D eigenvalue weighted by Crippen LogP contribution is 2.31. The molecule has 2 unspecified atom stereocenters. The maximum Gasteiger partial charge on any atom is 0.122 e. The van der Waals surface area contributed by atoms with Crippen LogP contribution in [-0.4, -0.2) is 9.97 Å². The molecule has 0 aromatic carbocycles. The predicted octanol–water partition coefficient (Wildman–Crippen LogP) is 2.73. The number of aryl methyl sites for hydroxylation is 1. The molecule has 3 rings (SSSR count). The number of furan rings is 1. The van der Waals surface area contributed by atoms with Crippen molar-refractivity contribution < 1.29 is 4.42 Å². The van der Waals surface area contributed by atoms with Crippen molar-refractivity contribution >= 4 is 0 Å². The van der Waals surface area contributed by atoms with Gasteiger partial charge in [-0.3, -0.25) is 0 Å². The summed E-state index contributed by atoms with van der Waals surface area (Å²) in [6, 6.07) is 2.70. The third-order valence-corrected chi connectivity index (χ3v) is 3.43. The zero-order chi connectivity index (χ0) is 11.7. The van der Waals surface area contributed by atoms with Crippen LogP contribution in [0, 0.1) is 0 Å². The molecule has 2 atom stereocenters. The summed E-state index contributed by atoms with van der Waals surface area (Å²) in [4.78, 5) is 7.43. The van der Waals surface area contributed by atoms with Crippen molar-refractivity contribution in [1.82, 2.24) is 15.3 Å². The van der Waals surface area contributed by atoms with Crippen molar-refractivity contribution in [3.05, 3.63) is 41.9 Å². The monoisotopic (exact) mass is 231 g/mol. The molecule has 2 aromatic rings. The summed E-state index contributed by atoms with van der Waals surface area (Å²) < 4.78 is 5.50. The highest BCUT2D eigenvalue weighted by atomic mass is 16.3. The van der Waals surface area contributed by atoms with Gasteiger partial charge in [0.05, 0.1) is 12.3 Å². The molecule has 2 aromatic heterocycles. The zero-order valence-corrected chi connectivity index (χ0v) is 9.94. The van der Waals surface area contributed by atoms with Crippen molar-refractivity contribution in [1.29, 1.82) is 0 Å². The largest absolute Gasteiger partial charge is 0.469 e. The lowest BCUT2D eigenvalue weighted by molar-refractivity contribution is 0.380. The van der Waals surface area contributed by atoms with Crippen LogP contribution in [0.4, 0.5) is 0 Å². The highest BCUT2D eigenvalue weighted by Gasteiger charge is 2.24. The Kier molecular flexibility index (Phi) is 2.73. The Balaban J connectivity index is 1.75. The summed E-state index contributed by atoms with van der Waals surface area (Å²) in [7, 11) is 0. The van der Waals surface area contributed by atoms with Crippen LogP contribution in [0.15, 0.2) is 29.1 Å². The van der Waals surface area contributed by atoms with E-state index in [4.69, 9.17) is 4.42 Å². The number of hydrogen-bond donors (Lipinski definition) is 2. The van der Waals surface area contributed by atoms with E-state index in [1.807, 2.05) is 6.20 Å². The molecule has 0 radical (unpaired) electrons. The van der Waals surface area contributed by atoms with Crippen LogP contribution in [0.3, 0.4) is 0 Å². The Morgan fingerprint density at radius 2 is 2.53 bits per heavy atom. The van der Waals surface area contributed by atoms with Gasteiger partial charge in [-0.25, -0.2) is 4.98 Å². The molecule has 1 aliphatic rings. The molecule has 0 amide bonds. The van der Waals surface area contributed by atoms with E-state index in [1.54, 1.807) is 12.5 Å². The van der Waals surface area contributed by atoms with Gasteiger partial charge in [-0.05, 0) is 25.8 Å². The SMILES string of the molecule is CC(NC1CCCc2occc21)c1ncc[nH]1. The van der Waals surface area contributed by atoms with Crippen LogP contribution >= 0.6 is 0 Å². The minimum atomic E-state index is 0.232. The second-order valence-corrected chi connectivity index (χ2v) is 4.61.